The molecule has 2 saturated carbocycles. The van der Waals surface area contributed by atoms with Crippen LogP contribution in [0.1, 0.15) is 38.5 Å². The minimum Gasteiger partial charge on any atom is -0.296 e. The maximum Gasteiger partial charge on any atom is 0.137 e. The largest absolute Gasteiger partial charge is 0.296 e. The van der Waals surface area contributed by atoms with Crippen molar-refractivity contribution >= 4 is 0 Å². The van der Waals surface area contributed by atoms with Crippen LogP contribution in [-0.2, 0) is 6.54 Å². The molecule has 2 atom stereocenters. The summed E-state index contributed by atoms with van der Waals surface area (Å²) in [5.74, 6) is 0.451. The predicted molar refractivity (Wildman–Crippen MR) is 66.5 cm³/mol. The van der Waals surface area contributed by atoms with Crippen molar-refractivity contribution in [1.82, 2.24) is 20.1 Å². The molecule has 0 spiro atoms. The van der Waals surface area contributed by atoms with Crippen LogP contribution < -0.4 is 5.32 Å². The highest BCUT2D eigenvalue weighted by Crippen LogP contribution is 2.40. The van der Waals surface area contributed by atoms with Crippen LogP contribution in [0.5, 0.6) is 0 Å². The molecule has 2 fully saturated rings. The van der Waals surface area contributed by atoms with Gasteiger partial charge in [0.1, 0.15) is 18.2 Å². The van der Waals surface area contributed by atoms with Gasteiger partial charge in [-0.25, -0.2) is 4.98 Å². The van der Waals surface area contributed by atoms with Crippen LogP contribution >= 0.6 is 0 Å². The van der Waals surface area contributed by atoms with E-state index in [1.807, 2.05) is 4.68 Å². The quantitative estimate of drug-likeness (QED) is 0.853. The van der Waals surface area contributed by atoms with Crippen LogP contribution in [-0.4, -0.2) is 26.3 Å². The number of nitriles is 1. The first-order valence-electron chi connectivity index (χ1n) is 6.84. The summed E-state index contributed by atoms with van der Waals surface area (Å²) in [5, 5.41) is 17.3. The van der Waals surface area contributed by atoms with Gasteiger partial charge in [-0.3, -0.25) is 10.00 Å². The Labute approximate surface area is 107 Å². The van der Waals surface area contributed by atoms with Crippen molar-refractivity contribution in [1.29, 1.82) is 5.26 Å². The first-order valence-corrected chi connectivity index (χ1v) is 6.84. The molecule has 1 aromatic rings. The minimum absolute atomic E-state index is 0.276. The van der Waals surface area contributed by atoms with E-state index in [2.05, 4.69) is 21.5 Å². The Bertz CT molecular complexity index is 431. The normalized spacial score (nSPS) is 31.4. The average Bonchev–Trinajstić information content (AvgIpc) is 2.91. The van der Waals surface area contributed by atoms with Crippen molar-refractivity contribution in [3.05, 3.63) is 12.7 Å². The fraction of sp³-hybridized carbons (Fsp3) is 0.769. The van der Waals surface area contributed by atoms with Gasteiger partial charge in [0.05, 0.1) is 6.07 Å². The minimum atomic E-state index is -0.276. The van der Waals surface area contributed by atoms with Gasteiger partial charge in [0.2, 0.25) is 0 Å². The molecule has 1 aromatic heterocycles. The van der Waals surface area contributed by atoms with E-state index < -0.39 is 0 Å². The number of nitrogens with zero attached hydrogens (tertiary/aromatic N) is 4. The van der Waals surface area contributed by atoms with Gasteiger partial charge < -0.3 is 0 Å². The van der Waals surface area contributed by atoms with Crippen molar-refractivity contribution < 1.29 is 0 Å². The Morgan fingerprint density at radius 2 is 2.33 bits per heavy atom. The number of nitrogens with one attached hydrogen (secondary N) is 1. The summed E-state index contributed by atoms with van der Waals surface area (Å²) in [6.45, 7) is 0.862. The molecular weight excluding hydrogens is 226 g/mol. The van der Waals surface area contributed by atoms with E-state index in [4.69, 9.17) is 0 Å². The lowest BCUT2D eigenvalue weighted by atomic mass is 9.85. The van der Waals surface area contributed by atoms with Crippen LogP contribution in [0.4, 0.5) is 0 Å². The van der Waals surface area contributed by atoms with Crippen molar-refractivity contribution in [3.63, 3.8) is 0 Å². The molecule has 2 unspecified atom stereocenters. The van der Waals surface area contributed by atoms with Crippen LogP contribution in [0.2, 0.25) is 0 Å². The van der Waals surface area contributed by atoms with Crippen molar-refractivity contribution in [3.8, 4) is 6.07 Å². The molecule has 0 aliphatic heterocycles. The van der Waals surface area contributed by atoms with Gasteiger partial charge in [-0.05, 0) is 38.0 Å². The molecule has 18 heavy (non-hydrogen) atoms. The average molecular weight is 245 g/mol. The molecule has 2 aliphatic rings. The molecule has 0 saturated heterocycles. The molecule has 5 heteroatoms. The summed E-state index contributed by atoms with van der Waals surface area (Å²) >= 11 is 0. The second-order valence-electron chi connectivity index (χ2n) is 5.54. The zero-order chi connectivity index (χ0) is 12.4. The summed E-state index contributed by atoms with van der Waals surface area (Å²) in [4.78, 5) is 3.95. The van der Waals surface area contributed by atoms with Gasteiger partial charge in [-0.15, -0.1) is 0 Å². The van der Waals surface area contributed by atoms with E-state index in [0.717, 1.165) is 32.2 Å². The highest BCUT2D eigenvalue weighted by Gasteiger charge is 2.45. The third kappa shape index (κ3) is 2.25. The number of aromatic nitrogens is 3. The lowest BCUT2D eigenvalue weighted by Crippen LogP contribution is -2.48. The first kappa shape index (κ1) is 11.7. The lowest BCUT2D eigenvalue weighted by molar-refractivity contribution is 0.284. The summed E-state index contributed by atoms with van der Waals surface area (Å²) < 4.78 is 1.86. The van der Waals surface area contributed by atoms with E-state index >= 15 is 0 Å². The Kier molecular flexibility index (Phi) is 3.04. The van der Waals surface area contributed by atoms with E-state index in [1.54, 1.807) is 12.7 Å². The molecule has 1 N–H and O–H groups in total. The topological polar surface area (TPSA) is 66.5 Å². The van der Waals surface area contributed by atoms with Gasteiger partial charge >= 0.3 is 0 Å². The summed E-state index contributed by atoms with van der Waals surface area (Å²) in [5.41, 5.74) is -0.276. The summed E-state index contributed by atoms with van der Waals surface area (Å²) in [6, 6.07) is 3.17. The molecule has 1 heterocycles. The molecule has 0 amide bonds. The van der Waals surface area contributed by atoms with E-state index in [0.29, 0.717) is 12.0 Å². The molecular formula is C13H19N5. The van der Waals surface area contributed by atoms with Crippen molar-refractivity contribution in [2.75, 3.05) is 0 Å². The zero-order valence-electron chi connectivity index (χ0n) is 10.5. The highest BCUT2D eigenvalue weighted by atomic mass is 15.3. The SMILES string of the molecule is N#CC1(NC2CC2)CCCC1CCn1cncn1. The molecule has 96 valence electrons. The van der Waals surface area contributed by atoms with Crippen LogP contribution in [0.15, 0.2) is 12.7 Å². The fourth-order valence-electron chi connectivity index (χ4n) is 3.07. The second kappa shape index (κ2) is 4.69. The lowest BCUT2D eigenvalue weighted by Gasteiger charge is -2.30. The molecule has 0 bridgehead atoms. The standard InChI is InChI=1S/C13H19N5/c14-8-13(17-12-3-4-12)6-1-2-11(13)5-7-18-10-15-9-16-18/h9-12,17H,1-7H2. The Hall–Kier alpha value is -1.41. The van der Waals surface area contributed by atoms with Gasteiger partial charge in [-0.2, -0.15) is 10.4 Å². The number of hydrogen-bond acceptors (Lipinski definition) is 4. The summed E-state index contributed by atoms with van der Waals surface area (Å²) in [6.07, 6.45) is 10.1. The Morgan fingerprint density at radius 3 is 3.00 bits per heavy atom. The van der Waals surface area contributed by atoms with E-state index in [-0.39, 0.29) is 5.54 Å². The fourth-order valence-corrected chi connectivity index (χ4v) is 3.07. The number of aryl methyl sites for hydroxylation is 1. The molecule has 3 rings (SSSR count). The van der Waals surface area contributed by atoms with Gasteiger partial charge in [-0.1, -0.05) is 6.42 Å². The van der Waals surface area contributed by atoms with Crippen molar-refractivity contribution in [2.45, 2.75) is 56.7 Å². The second-order valence-corrected chi connectivity index (χ2v) is 5.54. The van der Waals surface area contributed by atoms with Crippen LogP contribution in [0.3, 0.4) is 0 Å². The Balaban J connectivity index is 1.64. The van der Waals surface area contributed by atoms with Gasteiger partial charge in [0.25, 0.3) is 0 Å². The molecule has 0 aromatic carbocycles. The number of hydrogen-bond donors (Lipinski definition) is 1. The third-order valence-corrected chi connectivity index (χ3v) is 4.23. The Morgan fingerprint density at radius 1 is 1.44 bits per heavy atom. The van der Waals surface area contributed by atoms with Gasteiger partial charge in [0, 0.05) is 12.6 Å². The van der Waals surface area contributed by atoms with Crippen LogP contribution in [0, 0.1) is 17.2 Å². The summed E-state index contributed by atoms with van der Waals surface area (Å²) in [7, 11) is 0. The first-order chi connectivity index (χ1) is 8.82. The maximum absolute atomic E-state index is 9.57. The van der Waals surface area contributed by atoms with Gasteiger partial charge in [0.15, 0.2) is 0 Å². The van der Waals surface area contributed by atoms with Crippen molar-refractivity contribution in [2.24, 2.45) is 5.92 Å². The molecule has 2 aliphatic carbocycles. The van der Waals surface area contributed by atoms with Crippen LogP contribution in [0.25, 0.3) is 0 Å². The predicted octanol–water partition coefficient (Wildman–Crippen LogP) is 1.48. The monoisotopic (exact) mass is 245 g/mol. The van der Waals surface area contributed by atoms with E-state index in [1.165, 1.54) is 12.8 Å². The smallest absolute Gasteiger partial charge is 0.137 e. The highest BCUT2D eigenvalue weighted by molar-refractivity contribution is 5.16. The third-order valence-electron chi connectivity index (χ3n) is 4.23. The zero-order valence-corrected chi connectivity index (χ0v) is 10.5. The number of rotatable bonds is 5. The maximum atomic E-state index is 9.57. The van der Waals surface area contributed by atoms with E-state index in [9.17, 15) is 5.26 Å². The molecule has 5 nitrogen and oxygen atoms in total. The molecule has 0 radical (unpaired) electrons.